The van der Waals surface area contributed by atoms with Gasteiger partial charge in [-0.3, -0.25) is 0 Å². The SMILES string of the molecule is c1ccc(-c2nc(-c3ccccc3)nc(-c3ccc(-c4nc5ccccc5c5c4-c4ccccc4C54c5ccccc5Oc5ccccc54)cc3)n2)cc1. The van der Waals surface area contributed by atoms with Crippen LogP contribution in [-0.2, 0) is 5.41 Å². The lowest BCUT2D eigenvalue weighted by atomic mass is 9.65. The van der Waals surface area contributed by atoms with Crippen molar-refractivity contribution in [3.8, 4) is 68.0 Å². The number of fused-ring (bicyclic) bond motifs is 11. The fourth-order valence-electron chi connectivity index (χ4n) is 8.50. The van der Waals surface area contributed by atoms with E-state index in [0.717, 1.165) is 67.0 Å². The maximum absolute atomic E-state index is 6.62. The molecule has 5 nitrogen and oxygen atoms in total. The Morgan fingerprint density at radius 3 is 1.44 bits per heavy atom. The standard InChI is InChI=1S/C49H30N4O/c1-3-15-32(16-4-1)46-51-47(33-17-5-2-6-18-33)53-48(52-46)34-29-27-31(28-30-34)45-43-35-19-7-9-21-37(35)49(44(43)36-20-8-12-24-40(36)50-45)38-22-10-13-25-41(38)54-42-26-14-11-23-39(42)49/h1-30H. The Bertz CT molecular complexity index is 2800. The van der Waals surface area contributed by atoms with Crippen molar-refractivity contribution >= 4 is 10.9 Å². The summed E-state index contributed by atoms with van der Waals surface area (Å²) in [5, 5.41) is 1.13. The Morgan fingerprint density at radius 1 is 0.370 bits per heavy atom. The van der Waals surface area contributed by atoms with E-state index in [4.69, 9.17) is 24.7 Å². The van der Waals surface area contributed by atoms with E-state index in [1.807, 2.05) is 60.7 Å². The first-order valence-electron chi connectivity index (χ1n) is 18.1. The zero-order valence-corrected chi connectivity index (χ0v) is 29.0. The predicted octanol–water partition coefficient (Wildman–Crippen LogP) is 11.6. The average molecular weight is 691 g/mol. The number of rotatable bonds is 4. The van der Waals surface area contributed by atoms with Crippen molar-refractivity contribution in [2.24, 2.45) is 0 Å². The highest BCUT2D eigenvalue weighted by Crippen LogP contribution is 2.64. The van der Waals surface area contributed by atoms with Crippen molar-refractivity contribution in [3.05, 3.63) is 204 Å². The molecule has 1 aliphatic carbocycles. The zero-order valence-electron chi connectivity index (χ0n) is 29.0. The fraction of sp³-hybridized carbons (Fsp3) is 0.0204. The molecular formula is C49H30N4O. The highest BCUT2D eigenvalue weighted by molar-refractivity contribution is 6.04. The molecule has 54 heavy (non-hydrogen) atoms. The lowest BCUT2D eigenvalue weighted by Crippen LogP contribution is -2.32. The Morgan fingerprint density at radius 2 is 0.833 bits per heavy atom. The molecule has 0 saturated heterocycles. The monoisotopic (exact) mass is 690 g/mol. The second-order valence-corrected chi connectivity index (χ2v) is 13.7. The zero-order chi connectivity index (χ0) is 35.6. The van der Waals surface area contributed by atoms with Gasteiger partial charge in [0, 0.05) is 44.3 Å². The number of hydrogen-bond acceptors (Lipinski definition) is 5. The molecule has 0 N–H and O–H groups in total. The second kappa shape index (κ2) is 11.9. The van der Waals surface area contributed by atoms with Crippen LogP contribution in [-0.4, -0.2) is 19.9 Å². The third-order valence-electron chi connectivity index (χ3n) is 10.8. The lowest BCUT2D eigenvalue weighted by Gasteiger charge is -2.39. The summed E-state index contributed by atoms with van der Waals surface area (Å²) in [6, 6.07) is 63.0. The van der Waals surface area contributed by atoms with Gasteiger partial charge in [-0.1, -0.05) is 164 Å². The van der Waals surface area contributed by atoms with Crippen LogP contribution in [0.25, 0.3) is 67.5 Å². The summed E-state index contributed by atoms with van der Waals surface area (Å²) in [6.45, 7) is 0. The van der Waals surface area contributed by atoms with E-state index in [2.05, 4.69) is 121 Å². The van der Waals surface area contributed by atoms with E-state index in [-0.39, 0.29) is 0 Å². The lowest BCUT2D eigenvalue weighted by molar-refractivity contribution is 0.437. The first-order chi connectivity index (χ1) is 26.8. The molecule has 5 heteroatoms. The van der Waals surface area contributed by atoms with Gasteiger partial charge in [0.2, 0.25) is 0 Å². The van der Waals surface area contributed by atoms with Crippen molar-refractivity contribution < 1.29 is 4.74 Å². The van der Waals surface area contributed by atoms with Gasteiger partial charge in [0.05, 0.1) is 16.6 Å². The summed E-state index contributed by atoms with van der Waals surface area (Å²) in [7, 11) is 0. The number of aromatic nitrogens is 4. The van der Waals surface area contributed by atoms with E-state index >= 15 is 0 Å². The van der Waals surface area contributed by atoms with Crippen LogP contribution < -0.4 is 4.74 Å². The summed E-state index contributed by atoms with van der Waals surface area (Å²) < 4.78 is 6.62. The molecular weight excluding hydrogens is 661 g/mol. The van der Waals surface area contributed by atoms with E-state index in [0.29, 0.717) is 17.5 Å². The van der Waals surface area contributed by atoms with Gasteiger partial charge in [-0.15, -0.1) is 0 Å². The number of hydrogen-bond donors (Lipinski definition) is 0. The molecule has 1 aliphatic heterocycles. The molecule has 252 valence electrons. The van der Waals surface area contributed by atoms with Crippen LogP contribution in [0.2, 0.25) is 0 Å². The van der Waals surface area contributed by atoms with Crippen LogP contribution in [0.15, 0.2) is 182 Å². The van der Waals surface area contributed by atoms with Gasteiger partial charge < -0.3 is 4.74 Å². The molecule has 0 radical (unpaired) electrons. The highest BCUT2D eigenvalue weighted by atomic mass is 16.5. The van der Waals surface area contributed by atoms with Crippen LogP contribution >= 0.6 is 0 Å². The van der Waals surface area contributed by atoms with Gasteiger partial charge in [0.15, 0.2) is 17.5 Å². The molecule has 2 aromatic heterocycles. The van der Waals surface area contributed by atoms with Gasteiger partial charge in [-0.25, -0.2) is 19.9 Å². The van der Waals surface area contributed by atoms with Crippen molar-refractivity contribution in [1.29, 1.82) is 0 Å². The number of pyridine rings is 1. The van der Waals surface area contributed by atoms with E-state index in [1.54, 1.807) is 0 Å². The van der Waals surface area contributed by atoms with E-state index in [1.165, 1.54) is 16.7 Å². The molecule has 0 unspecified atom stereocenters. The smallest absolute Gasteiger partial charge is 0.164 e. The molecule has 3 heterocycles. The van der Waals surface area contributed by atoms with E-state index in [9.17, 15) is 0 Å². The summed E-state index contributed by atoms with van der Waals surface area (Å²) in [5.74, 6) is 3.62. The Labute approximate surface area is 312 Å². The van der Waals surface area contributed by atoms with Crippen molar-refractivity contribution in [1.82, 2.24) is 19.9 Å². The van der Waals surface area contributed by atoms with Gasteiger partial charge in [0.1, 0.15) is 11.5 Å². The van der Waals surface area contributed by atoms with Crippen LogP contribution in [0.5, 0.6) is 11.5 Å². The minimum Gasteiger partial charge on any atom is -0.457 e. The normalized spacial score (nSPS) is 13.1. The molecule has 0 atom stereocenters. The van der Waals surface area contributed by atoms with Crippen LogP contribution in [0.4, 0.5) is 0 Å². The minimum absolute atomic E-state index is 0.610. The summed E-state index contributed by atoms with van der Waals surface area (Å²) in [6.07, 6.45) is 0. The summed E-state index contributed by atoms with van der Waals surface area (Å²) in [4.78, 5) is 20.3. The molecule has 0 fully saturated rings. The Balaban J connectivity index is 1.14. The van der Waals surface area contributed by atoms with Gasteiger partial charge in [-0.2, -0.15) is 0 Å². The van der Waals surface area contributed by atoms with Crippen molar-refractivity contribution in [2.75, 3.05) is 0 Å². The molecule has 0 amide bonds. The number of nitrogens with zero attached hydrogens (tertiary/aromatic N) is 4. The molecule has 1 spiro atoms. The second-order valence-electron chi connectivity index (χ2n) is 13.7. The molecule has 0 bridgehead atoms. The van der Waals surface area contributed by atoms with Gasteiger partial charge in [0.25, 0.3) is 0 Å². The first-order valence-corrected chi connectivity index (χ1v) is 18.1. The van der Waals surface area contributed by atoms with Crippen LogP contribution in [0.1, 0.15) is 22.3 Å². The van der Waals surface area contributed by atoms with E-state index < -0.39 is 5.41 Å². The Hall–Kier alpha value is -7.24. The van der Waals surface area contributed by atoms with Gasteiger partial charge in [-0.05, 0) is 34.9 Å². The van der Waals surface area contributed by atoms with Crippen LogP contribution in [0, 0.1) is 0 Å². The molecule has 11 rings (SSSR count). The van der Waals surface area contributed by atoms with Crippen LogP contribution in [0.3, 0.4) is 0 Å². The van der Waals surface area contributed by atoms with Crippen molar-refractivity contribution in [2.45, 2.75) is 5.41 Å². The Kier molecular flexibility index (Phi) is 6.70. The maximum Gasteiger partial charge on any atom is 0.164 e. The molecule has 2 aliphatic rings. The third kappa shape index (κ3) is 4.45. The average Bonchev–Trinajstić information content (AvgIpc) is 3.56. The summed E-state index contributed by atoms with van der Waals surface area (Å²) in [5.41, 5.74) is 12.1. The third-order valence-corrected chi connectivity index (χ3v) is 10.8. The number of para-hydroxylation sites is 3. The minimum atomic E-state index is -0.610. The molecule has 9 aromatic rings. The molecule has 7 aromatic carbocycles. The topological polar surface area (TPSA) is 60.8 Å². The molecule has 0 saturated carbocycles. The largest absolute Gasteiger partial charge is 0.457 e. The van der Waals surface area contributed by atoms with Crippen molar-refractivity contribution in [3.63, 3.8) is 0 Å². The number of benzene rings is 7. The summed E-state index contributed by atoms with van der Waals surface area (Å²) >= 11 is 0. The fourth-order valence-corrected chi connectivity index (χ4v) is 8.50. The first kappa shape index (κ1) is 30.4. The maximum atomic E-state index is 6.62. The highest BCUT2D eigenvalue weighted by Gasteiger charge is 2.52. The predicted molar refractivity (Wildman–Crippen MR) is 214 cm³/mol. The quantitative estimate of drug-likeness (QED) is 0.184. The van der Waals surface area contributed by atoms with Gasteiger partial charge >= 0.3 is 0 Å². The number of ether oxygens (including phenoxy) is 1.